The lowest BCUT2D eigenvalue weighted by atomic mass is 9.95. The van der Waals surface area contributed by atoms with Crippen LogP contribution < -0.4 is 14.4 Å². The van der Waals surface area contributed by atoms with Gasteiger partial charge in [0, 0.05) is 24.7 Å². The summed E-state index contributed by atoms with van der Waals surface area (Å²) in [7, 11) is -2.48. The largest absolute Gasteiger partial charge is 0.497 e. The van der Waals surface area contributed by atoms with Gasteiger partial charge in [0.05, 0.1) is 24.0 Å². The lowest BCUT2D eigenvalue weighted by Crippen LogP contribution is -2.53. The van der Waals surface area contributed by atoms with E-state index in [9.17, 15) is 28.1 Å². The number of anilines is 1. The number of sulfonamides is 1. The lowest BCUT2D eigenvalue weighted by Gasteiger charge is -2.33. The molecule has 2 amide bonds. The monoisotopic (exact) mass is 560 g/mol. The first-order chi connectivity index (χ1) is 18.4. The summed E-state index contributed by atoms with van der Waals surface area (Å²) in [5, 5.41) is 14.4. The molecule has 0 heterocycles. The Balaban J connectivity index is 1.93. The van der Waals surface area contributed by atoms with E-state index in [4.69, 9.17) is 4.74 Å². The SMILES string of the molecule is COc1ccc(CN(C(=O)CN(c2cc([N+](=O)[O-])ccc2C)S(C)(=O)=O)[C@H](C)C(=O)NC2CCCCC2)cc1. The number of ether oxygens (including phenoxy) is 1. The van der Waals surface area contributed by atoms with E-state index in [0.717, 1.165) is 54.3 Å². The van der Waals surface area contributed by atoms with Crippen molar-refractivity contribution in [3.63, 3.8) is 0 Å². The number of carbonyl (C=O) groups excluding carboxylic acids is 2. The predicted molar refractivity (Wildman–Crippen MR) is 148 cm³/mol. The van der Waals surface area contributed by atoms with Crippen molar-refractivity contribution in [2.75, 3.05) is 24.2 Å². The van der Waals surface area contributed by atoms with Crippen LogP contribution in [0.25, 0.3) is 0 Å². The molecule has 2 aromatic rings. The van der Waals surface area contributed by atoms with E-state index >= 15 is 0 Å². The maximum atomic E-state index is 13.8. The maximum absolute atomic E-state index is 13.8. The molecule has 1 aliphatic rings. The highest BCUT2D eigenvalue weighted by atomic mass is 32.2. The summed E-state index contributed by atoms with van der Waals surface area (Å²) in [6, 6.07) is 9.99. The first kappa shape index (κ1) is 29.9. The van der Waals surface area contributed by atoms with E-state index < -0.39 is 33.4 Å². The van der Waals surface area contributed by atoms with Crippen molar-refractivity contribution in [3.8, 4) is 5.75 Å². The number of nitro groups is 1. The molecule has 1 saturated carbocycles. The molecule has 212 valence electrons. The van der Waals surface area contributed by atoms with Crippen LogP contribution in [-0.4, -0.2) is 62.0 Å². The fourth-order valence-electron chi connectivity index (χ4n) is 4.65. The molecule has 1 N–H and O–H groups in total. The summed E-state index contributed by atoms with van der Waals surface area (Å²) in [4.78, 5) is 39.1. The van der Waals surface area contributed by atoms with Gasteiger partial charge in [-0.2, -0.15) is 0 Å². The summed E-state index contributed by atoms with van der Waals surface area (Å²) in [5.41, 5.74) is 0.901. The number of rotatable bonds is 11. The third kappa shape index (κ3) is 7.92. The number of benzene rings is 2. The van der Waals surface area contributed by atoms with Crippen molar-refractivity contribution in [1.29, 1.82) is 0 Å². The average Bonchev–Trinajstić information content (AvgIpc) is 2.90. The normalized spacial score (nSPS) is 14.8. The molecule has 11 nitrogen and oxygen atoms in total. The van der Waals surface area contributed by atoms with E-state index in [1.54, 1.807) is 38.1 Å². The van der Waals surface area contributed by atoms with Gasteiger partial charge in [0.1, 0.15) is 18.3 Å². The summed E-state index contributed by atoms with van der Waals surface area (Å²) in [6.07, 6.45) is 5.87. The Labute approximate surface area is 229 Å². The minimum absolute atomic E-state index is 0.0313. The molecule has 39 heavy (non-hydrogen) atoms. The van der Waals surface area contributed by atoms with Crippen LogP contribution in [0.5, 0.6) is 5.75 Å². The molecule has 12 heteroatoms. The molecular weight excluding hydrogens is 524 g/mol. The minimum atomic E-state index is -4.02. The minimum Gasteiger partial charge on any atom is -0.497 e. The number of hydrogen-bond donors (Lipinski definition) is 1. The number of carbonyl (C=O) groups is 2. The molecule has 0 radical (unpaired) electrons. The number of nitro benzene ring substituents is 1. The van der Waals surface area contributed by atoms with Crippen molar-refractivity contribution >= 4 is 33.2 Å². The van der Waals surface area contributed by atoms with Crippen molar-refractivity contribution < 1.29 is 27.7 Å². The van der Waals surface area contributed by atoms with Crippen LogP contribution in [0, 0.1) is 17.0 Å². The topological polar surface area (TPSA) is 139 Å². The number of nitrogens with zero attached hydrogens (tertiary/aromatic N) is 3. The summed E-state index contributed by atoms with van der Waals surface area (Å²) in [5.74, 6) is -0.307. The van der Waals surface area contributed by atoms with E-state index in [2.05, 4.69) is 5.32 Å². The van der Waals surface area contributed by atoms with Gasteiger partial charge in [0.15, 0.2) is 0 Å². The van der Waals surface area contributed by atoms with Crippen molar-refractivity contribution in [2.45, 2.75) is 64.6 Å². The Bertz CT molecular complexity index is 1290. The molecule has 0 saturated heterocycles. The van der Waals surface area contributed by atoms with E-state index in [1.165, 1.54) is 24.1 Å². The Hall–Kier alpha value is -3.67. The third-order valence-corrected chi connectivity index (χ3v) is 8.11. The van der Waals surface area contributed by atoms with Crippen LogP contribution in [-0.2, 0) is 26.2 Å². The van der Waals surface area contributed by atoms with Crippen molar-refractivity contribution in [2.24, 2.45) is 0 Å². The maximum Gasteiger partial charge on any atom is 0.271 e. The van der Waals surface area contributed by atoms with Crippen LogP contribution in [0.1, 0.15) is 50.2 Å². The number of amides is 2. The zero-order valence-electron chi connectivity index (χ0n) is 22.8. The first-order valence-corrected chi connectivity index (χ1v) is 14.7. The summed E-state index contributed by atoms with van der Waals surface area (Å²) < 4.78 is 31.7. The number of methoxy groups -OCH3 is 1. The van der Waals surface area contributed by atoms with Gasteiger partial charge in [0.2, 0.25) is 21.8 Å². The Kier molecular flexibility index (Phi) is 9.90. The van der Waals surface area contributed by atoms with Crippen LogP contribution in [0.15, 0.2) is 42.5 Å². The Morgan fingerprint density at radius 2 is 1.77 bits per heavy atom. The smallest absolute Gasteiger partial charge is 0.271 e. The van der Waals surface area contributed by atoms with Crippen LogP contribution in [0.3, 0.4) is 0 Å². The van der Waals surface area contributed by atoms with E-state index in [1.807, 2.05) is 0 Å². The molecule has 0 spiro atoms. The number of nitrogens with one attached hydrogen (secondary N) is 1. The number of non-ortho nitro benzene ring substituents is 1. The molecule has 0 unspecified atom stereocenters. The molecule has 0 bridgehead atoms. The Morgan fingerprint density at radius 1 is 1.13 bits per heavy atom. The Morgan fingerprint density at radius 3 is 2.33 bits per heavy atom. The molecule has 0 aromatic heterocycles. The van der Waals surface area contributed by atoms with Gasteiger partial charge in [-0.05, 0) is 49.9 Å². The summed E-state index contributed by atoms with van der Waals surface area (Å²) in [6.45, 7) is 2.64. The standard InChI is InChI=1S/C27H36N4O7S/c1-19-10-13-23(31(34)35)16-25(19)30(39(4,36)37)18-26(32)29(17-21-11-14-24(38-3)15-12-21)20(2)27(33)28-22-8-6-5-7-9-22/h10-16,20,22H,5-9,17-18H2,1-4H3,(H,28,33)/t20-/m1/s1. The highest BCUT2D eigenvalue weighted by Gasteiger charge is 2.32. The van der Waals surface area contributed by atoms with E-state index in [-0.39, 0.29) is 29.9 Å². The van der Waals surface area contributed by atoms with Crippen molar-refractivity contribution in [3.05, 3.63) is 63.7 Å². The summed E-state index contributed by atoms with van der Waals surface area (Å²) >= 11 is 0. The zero-order valence-corrected chi connectivity index (χ0v) is 23.6. The molecule has 2 aromatic carbocycles. The highest BCUT2D eigenvalue weighted by molar-refractivity contribution is 7.92. The van der Waals surface area contributed by atoms with Crippen molar-refractivity contribution in [1.82, 2.24) is 10.2 Å². The van der Waals surface area contributed by atoms with Gasteiger partial charge in [-0.1, -0.05) is 37.5 Å². The molecule has 1 atom stereocenters. The second-order valence-electron chi connectivity index (χ2n) is 9.89. The highest BCUT2D eigenvalue weighted by Crippen LogP contribution is 2.28. The van der Waals surface area contributed by atoms with Crippen LogP contribution in [0.4, 0.5) is 11.4 Å². The first-order valence-electron chi connectivity index (χ1n) is 12.9. The predicted octanol–water partition coefficient (Wildman–Crippen LogP) is 3.54. The van der Waals surface area contributed by atoms with Gasteiger partial charge in [-0.15, -0.1) is 0 Å². The molecular formula is C27H36N4O7S. The fraction of sp³-hybridized carbons (Fsp3) is 0.481. The lowest BCUT2D eigenvalue weighted by molar-refractivity contribution is -0.384. The zero-order chi connectivity index (χ0) is 28.7. The second-order valence-corrected chi connectivity index (χ2v) is 11.8. The molecule has 3 rings (SSSR count). The van der Waals surface area contributed by atoms with Crippen LogP contribution in [0.2, 0.25) is 0 Å². The van der Waals surface area contributed by atoms with Gasteiger partial charge in [-0.25, -0.2) is 8.42 Å². The van der Waals surface area contributed by atoms with Gasteiger partial charge in [0.25, 0.3) is 5.69 Å². The van der Waals surface area contributed by atoms with Crippen LogP contribution >= 0.6 is 0 Å². The quantitative estimate of drug-likeness (QED) is 0.328. The van der Waals surface area contributed by atoms with E-state index in [0.29, 0.717) is 11.3 Å². The number of aryl methyl sites for hydroxylation is 1. The second kappa shape index (κ2) is 12.9. The fourth-order valence-corrected chi connectivity index (χ4v) is 5.55. The number of hydrogen-bond acceptors (Lipinski definition) is 7. The third-order valence-electron chi connectivity index (χ3n) is 6.98. The van der Waals surface area contributed by atoms with Gasteiger partial charge >= 0.3 is 0 Å². The molecule has 1 aliphatic carbocycles. The molecule has 0 aliphatic heterocycles. The van der Waals surface area contributed by atoms with Gasteiger partial charge < -0.3 is 15.0 Å². The average molecular weight is 561 g/mol. The van der Waals surface area contributed by atoms with Gasteiger partial charge in [-0.3, -0.25) is 24.0 Å². The molecule has 1 fully saturated rings.